The van der Waals surface area contributed by atoms with Crippen molar-refractivity contribution in [1.82, 2.24) is 20.1 Å². The van der Waals surface area contributed by atoms with Crippen LogP contribution in [0.1, 0.15) is 34.6 Å². The molecule has 1 aromatic carbocycles. The van der Waals surface area contributed by atoms with Crippen LogP contribution in [0.2, 0.25) is 0 Å². The lowest BCUT2D eigenvalue weighted by Crippen LogP contribution is -2.45. The number of hydrogen-bond acceptors (Lipinski definition) is 15. The predicted octanol–water partition coefficient (Wildman–Crippen LogP) is 1.39. The van der Waals surface area contributed by atoms with E-state index < -0.39 is 53.0 Å². The van der Waals surface area contributed by atoms with Gasteiger partial charge in [0, 0.05) is 34.1 Å². The van der Waals surface area contributed by atoms with E-state index in [9.17, 15) is 28.8 Å². The summed E-state index contributed by atoms with van der Waals surface area (Å²) in [6, 6.07) is 2.50. The summed E-state index contributed by atoms with van der Waals surface area (Å²) < 4.78 is 15.8. The highest BCUT2D eigenvalue weighted by molar-refractivity contribution is 8.76. The summed E-state index contributed by atoms with van der Waals surface area (Å²) in [5.74, 6) is -1.72. The van der Waals surface area contributed by atoms with Crippen LogP contribution < -0.4 is 20.1 Å². The van der Waals surface area contributed by atoms with E-state index in [1.165, 1.54) is 35.1 Å². The Morgan fingerprint density at radius 1 is 0.810 bits per heavy atom. The van der Waals surface area contributed by atoms with Crippen molar-refractivity contribution >= 4 is 107 Å². The SMILES string of the molecule is CCOC(=O)C(CSN[C@@H](CS)C(=O)S)NC(=O)c1ccc(C(=O)NC(CSSN[C@H](C=O)CS)C(=O)OCC)cc1. The lowest BCUT2D eigenvalue weighted by Gasteiger charge is -2.19. The number of ether oxygens (including phenoxy) is 2. The monoisotopic (exact) mass is 698 g/mol. The molecule has 0 aliphatic carbocycles. The Kier molecular flexibility index (Phi) is 20.2. The van der Waals surface area contributed by atoms with Crippen LogP contribution in [0.3, 0.4) is 0 Å². The lowest BCUT2D eigenvalue weighted by molar-refractivity contribution is -0.145. The maximum atomic E-state index is 12.9. The maximum absolute atomic E-state index is 12.9. The molecule has 1 rings (SSSR count). The Hall–Kier alpha value is -1.54. The molecule has 0 heterocycles. The molecule has 0 aromatic heterocycles. The van der Waals surface area contributed by atoms with Crippen molar-refractivity contribution in [2.24, 2.45) is 0 Å². The van der Waals surface area contributed by atoms with Gasteiger partial charge in [0.1, 0.15) is 18.4 Å². The summed E-state index contributed by atoms with van der Waals surface area (Å²) in [7, 11) is 2.36. The molecule has 0 aliphatic rings. The summed E-state index contributed by atoms with van der Waals surface area (Å²) in [5, 5.41) is 4.80. The van der Waals surface area contributed by atoms with Crippen LogP contribution in [-0.4, -0.2) is 95.5 Å². The van der Waals surface area contributed by atoms with E-state index in [0.717, 1.165) is 29.2 Å². The fourth-order valence-corrected chi connectivity index (χ4v) is 6.67. The second-order valence-electron chi connectivity index (χ2n) is 8.05. The summed E-state index contributed by atoms with van der Waals surface area (Å²) >= 11 is 12.9. The van der Waals surface area contributed by atoms with Gasteiger partial charge in [0.05, 0.1) is 25.3 Å². The van der Waals surface area contributed by atoms with Crippen LogP contribution >= 0.6 is 71.6 Å². The van der Waals surface area contributed by atoms with E-state index in [2.05, 4.69) is 58.0 Å². The molecule has 18 heteroatoms. The molecule has 1 aromatic rings. The smallest absolute Gasteiger partial charge is 0.329 e. The average Bonchev–Trinajstić information content (AvgIpc) is 2.98. The summed E-state index contributed by atoms with van der Waals surface area (Å²) in [6.45, 7) is 3.52. The van der Waals surface area contributed by atoms with E-state index in [1.807, 2.05) is 0 Å². The average molecular weight is 699 g/mol. The molecule has 0 spiro atoms. The molecule has 0 fully saturated rings. The van der Waals surface area contributed by atoms with Crippen LogP contribution in [0, 0.1) is 0 Å². The predicted molar refractivity (Wildman–Crippen MR) is 176 cm³/mol. The van der Waals surface area contributed by atoms with Gasteiger partial charge in [-0.1, -0.05) is 22.7 Å². The molecule has 2 unspecified atom stereocenters. The van der Waals surface area contributed by atoms with Crippen LogP contribution in [-0.2, 0) is 28.7 Å². The van der Waals surface area contributed by atoms with Gasteiger partial charge in [-0.3, -0.25) is 19.1 Å². The van der Waals surface area contributed by atoms with Gasteiger partial charge in [-0.25, -0.2) is 14.3 Å². The molecule has 42 heavy (non-hydrogen) atoms. The Morgan fingerprint density at radius 2 is 1.31 bits per heavy atom. The zero-order chi connectivity index (χ0) is 31.5. The number of hydrogen-bond donors (Lipinski definition) is 7. The highest BCUT2D eigenvalue weighted by atomic mass is 33.1. The van der Waals surface area contributed by atoms with Gasteiger partial charge < -0.3 is 24.9 Å². The third-order valence-electron chi connectivity index (χ3n) is 4.97. The van der Waals surface area contributed by atoms with Crippen molar-refractivity contribution < 1.29 is 38.2 Å². The van der Waals surface area contributed by atoms with E-state index in [1.54, 1.807) is 13.8 Å². The second kappa shape index (κ2) is 22.0. The molecule has 0 aliphatic heterocycles. The molecular formula is C24H34N4O8S6. The zero-order valence-corrected chi connectivity index (χ0v) is 27.9. The molecular weight excluding hydrogens is 665 g/mol. The van der Waals surface area contributed by atoms with Crippen molar-refractivity contribution in [3.8, 4) is 0 Å². The molecule has 2 amide bonds. The van der Waals surface area contributed by atoms with Crippen LogP contribution in [0.25, 0.3) is 0 Å². The second-order valence-corrected chi connectivity index (χ2v) is 12.3. The first kappa shape index (κ1) is 38.5. The Balaban J connectivity index is 2.84. The van der Waals surface area contributed by atoms with E-state index in [-0.39, 0.29) is 41.6 Å². The largest absolute Gasteiger partial charge is 0.464 e. The van der Waals surface area contributed by atoms with E-state index in [0.29, 0.717) is 5.75 Å². The maximum Gasteiger partial charge on any atom is 0.329 e. The number of rotatable bonds is 21. The fraction of sp³-hybridized carbons (Fsp3) is 0.500. The molecule has 234 valence electrons. The minimum atomic E-state index is -1.03. The van der Waals surface area contributed by atoms with Crippen LogP contribution in [0.4, 0.5) is 0 Å². The van der Waals surface area contributed by atoms with Gasteiger partial charge in [-0.15, -0.1) is 12.6 Å². The van der Waals surface area contributed by atoms with Crippen molar-refractivity contribution in [1.29, 1.82) is 0 Å². The molecule has 0 radical (unpaired) electrons. The van der Waals surface area contributed by atoms with Crippen LogP contribution in [0.5, 0.6) is 0 Å². The van der Waals surface area contributed by atoms with E-state index >= 15 is 0 Å². The molecule has 4 N–H and O–H groups in total. The van der Waals surface area contributed by atoms with Crippen molar-refractivity contribution in [2.75, 3.05) is 36.2 Å². The highest BCUT2D eigenvalue weighted by Crippen LogP contribution is 2.20. The molecule has 0 saturated carbocycles. The number of carbonyl (C=O) groups excluding carboxylic acids is 6. The minimum Gasteiger partial charge on any atom is -0.464 e. The number of amides is 2. The lowest BCUT2D eigenvalue weighted by atomic mass is 10.1. The van der Waals surface area contributed by atoms with Gasteiger partial charge in [0.15, 0.2) is 0 Å². The topological polar surface area (TPSA) is 169 Å². The zero-order valence-electron chi connectivity index (χ0n) is 22.8. The van der Waals surface area contributed by atoms with Crippen LogP contribution in [0.15, 0.2) is 24.3 Å². The number of aldehydes is 1. The quantitative estimate of drug-likeness (QED) is 0.0246. The van der Waals surface area contributed by atoms with Crippen molar-refractivity contribution in [2.45, 2.75) is 38.0 Å². The van der Waals surface area contributed by atoms with E-state index in [4.69, 9.17) is 9.47 Å². The number of carbonyl (C=O) groups is 6. The summed E-state index contributed by atoms with van der Waals surface area (Å²) in [6.07, 6.45) is 0.718. The summed E-state index contributed by atoms with van der Waals surface area (Å²) in [5.41, 5.74) is 0.357. The number of benzene rings is 1. The third-order valence-corrected chi connectivity index (χ3v) is 9.03. The molecule has 12 nitrogen and oxygen atoms in total. The third kappa shape index (κ3) is 14.3. The standard InChI is InChI=1S/C24H34N4O8S6/c1-3-35-22(32)18(12-40-28-17(11-38)24(34)39)25-20(30)14-5-7-15(8-6-14)21(31)26-19(23(33)36-4-2)13-41-42-27-16(9-29)10-37/h5-9,16-19,27-28,37-38H,3-4,10-13H2,1-2H3,(H,25,30)(H,26,31)(H,34,39)/t16-,17+,18?,19?/m1/s1. The van der Waals surface area contributed by atoms with Gasteiger partial charge in [-0.2, -0.15) is 25.3 Å². The molecule has 4 atom stereocenters. The molecule has 0 bridgehead atoms. The Morgan fingerprint density at radius 3 is 1.71 bits per heavy atom. The summed E-state index contributed by atoms with van der Waals surface area (Å²) in [4.78, 5) is 72.9. The minimum absolute atomic E-state index is 0.0574. The fourth-order valence-electron chi connectivity index (χ4n) is 2.78. The van der Waals surface area contributed by atoms with Gasteiger partial charge >= 0.3 is 11.9 Å². The van der Waals surface area contributed by atoms with Gasteiger partial charge in [0.2, 0.25) is 5.12 Å². The van der Waals surface area contributed by atoms with Crippen molar-refractivity contribution in [3.05, 3.63) is 35.4 Å². The Bertz CT molecular complexity index is 1050. The normalized spacial score (nSPS) is 13.6. The Labute approximate surface area is 273 Å². The molecule has 0 saturated heterocycles. The first-order chi connectivity index (χ1) is 20.1. The van der Waals surface area contributed by atoms with Crippen molar-refractivity contribution in [3.63, 3.8) is 0 Å². The number of thiol groups is 3. The first-order valence-corrected chi connectivity index (χ1v) is 17.5. The van der Waals surface area contributed by atoms with Gasteiger partial charge in [0.25, 0.3) is 11.8 Å². The number of esters is 2. The highest BCUT2D eigenvalue weighted by Gasteiger charge is 2.25. The first-order valence-electron chi connectivity index (χ1n) is 12.5. The van der Waals surface area contributed by atoms with Gasteiger partial charge in [-0.05, 0) is 49.1 Å². The number of nitrogens with one attached hydrogen (secondary N) is 4.